The SMILES string of the molecule is [2H][C@]1(C(=O)[C@H](O)[C@@H](O)[C@H](O)[C@H](O)CO)O[C@H](CO)[C@@H](O)[C@H](O)[C@H]1O. The van der Waals surface area contributed by atoms with Crippen LogP contribution in [0.1, 0.15) is 1.37 Å². The fourth-order valence-corrected chi connectivity index (χ4v) is 2.04. The molecule has 0 aromatic rings. The first kappa shape index (κ1) is 18.6. The van der Waals surface area contributed by atoms with Crippen molar-refractivity contribution in [2.45, 2.75) is 54.9 Å². The van der Waals surface area contributed by atoms with Crippen LogP contribution < -0.4 is 0 Å². The van der Waals surface area contributed by atoms with Gasteiger partial charge in [0.25, 0.3) is 0 Å². The summed E-state index contributed by atoms with van der Waals surface area (Å²) in [5.74, 6) is -1.70. The molecule has 1 heterocycles. The highest BCUT2D eigenvalue weighted by molar-refractivity contribution is 5.88. The number of carbonyl (C=O) groups is 1. The second kappa shape index (κ2) is 8.39. The van der Waals surface area contributed by atoms with Crippen LogP contribution in [0.3, 0.4) is 0 Å². The van der Waals surface area contributed by atoms with E-state index in [-0.39, 0.29) is 0 Å². The lowest BCUT2D eigenvalue weighted by molar-refractivity contribution is -0.231. The van der Waals surface area contributed by atoms with Gasteiger partial charge in [0.1, 0.15) is 54.9 Å². The lowest BCUT2D eigenvalue weighted by Gasteiger charge is -2.40. The molecule has 11 nitrogen and oxygen atoms in total. The van der Waals surface area contributed by atoms with Crippen molar-refractivity contribution >= 4 is 5.78 Å². The van der Waals surface area contributed by atoms with Crippen molar-refractivity contribution in [3.8, 4) is 0 Å². The van der Waals surface area contributed by atoms with Gasteiger partial charge in [0, 0.05) is 0 Å². The van der Waals surface area contributed by atoms with Crippen molar-refractivity contribution in [2.24, 2.45) is 0 Å². The number of hydrogen-bond acceptors (Lipinski definition) is 11. The van der Waals surface area contributed by atoms with E-state index in [1.165, 1.54) is 0 Å². The van der Waals surface area contributed by atoms with Gasteiger partial charge in [-0.25, -0.2) is 0 Å². The van der Waals surface area contributed by atoms with Crippen molar-refractivity contribution < 1.29 is 56.9 Å². The van der Waals surface area contributed by atoms with Crippen LogP contribution in [0.5, 0.6) is 0 Å². The summed E-state index contributed by atoms with van der Waals surface area (Å²) in [5.41, 5.74) is 0. The summed E-state index contributed by atoms with van der Waals surface area (Å²) < 4.78 is 12.6. The van der Waals surface area contributed by atoms with E-state index < -0.39 is 73.9 Å². The Kier molecular flexibility index (Phi) is 6.79. The van der Waals surface area contributed by atoms with E-state index in [1.54, 1.807) is 0 Å². The molecule has 11 heteroatoms. The summed E-state index contributed by atoms with van der Waals surface area (Å²) >= 11 is 0. The van der Waals surface area contributed by atoms with Crippen LogP contribution >= 0.6 is 0 Å². The lowest BCUT2D eigenvalue weighted by atomic mass is 9.89. The summed E-state index contributed by atoms with van der Waals surface area (Å²) in [7, 11) is 0. The molecule has 0 aliphatic carbocycles. The molecule has 136 valence electrons. The molecule has 9 N–H and O–H groups in total. The number of aliphatic hydroxyl groups excluding tert-OH is 9. The number of hydrogen-bond donors (Lipinski definition) is 9. The van der Waals surface area contributed by atoms with Crippen molar-refractivity contribution in [3.05, 3.63) is 0 Å². The molecule has 0 spiro atoms. The predicted molar refractivity (Wildman–Crippen MR) is 69.9 cm³/mol. The van der Waals surface area contributed by atoms with Crippen LogP contribution in [-0.4, -0.2) is 120 Å². The van der Waals surface area contributed by atoms with E-state index in [0.29, 0.717) is 0 Å². The van der Waals surface area contributed by atoms with Crippen molar-refractivity contribution in [1.82, 2.24) is 0 Å². The molecule has 0 aromatic carbocycles. The Bertz CT molecular complexity index is 435. The highest BCUT2D eigenvalue weighted by Crippen LogP contribution is 2.23. The maximum absolute atomic E-state index is 12.2. The molecule has 1 fully saturated rings. The summed E-state index contributed by atoms with van der Waals surface area (Å²) in [4.78, 5) is 12.2. The second-order valence-electron chi connectivity index (χ2n) is 5.17. The van der Waals surface area contributed by atoms with Crippen LogP contribution in [0.15, 0.2) is 0 Å². The van der Waals surface area contributed by atoms with E-state index in [0.717, 1.165) is 0 Å². The Hall–Kier alpha value is -0.730. The van der Waals surface area contributed by atoms with Gasteiger partial charge in [0.15, 0.2) is 5.78 Å². The molecule has 1 rings (SSSR count). The number of carbonyl (C=O) groups excluding carboxylic acids is 1. The lowest BCUT2D eigenvalue weighted by Crippen LogP contribution is -2.63. The minimum absolute atomic E-state index is 0.927. The van der Waals surface area contributed by atoms with Gasteiger partial charge in [-0.15, -0.1) is 0 Å². The third-order valence-corrected chi connectivity index (χ3v) is 3.55. The first-order valence-corrected chi connectivity index (χ1v) is 6.73. The standard InChI is InChI=1S/C12H22O11/c13-1-3(15)5(16)7(18)9(20)11(22)12-10(21)8(19)6(17)4(2-14)23-12/h3-10,12-21H,1-2H2/t3-,4-,5-,6-,7+,8+,9-,10-,12+/m1/s1/i12D. The highest BCUT2D eigenvalue weighted by Gasteiger charge is 2.49. The van der Waals surface area contributed by atoms with Crippen LogP contribution in [0, 0.1) is 0 Å². The van der Waals surface area contributed by atoms with E-state index in [2.05, 4.69) is 0 Å². The smallest absolute Gasteiger partial charge is 0.195 e. The topological polar surface area (TPSA) is 208 Å². The Morgan fingerprint density at radius 1 is 1.00 bits per heavy atom. The molecule has 1 aliphatic rings. The Morgan fingerprint density at radius 3 is 2.04 bits per heavy atom. The Morgan fingerprint density at radius 2 is 1.57 bits per heavy atom. The molecule has 0 aromatic heterocycles. The zero-order valence-corrected chi connectivity index (χ0v) is 11.9. The van der Waals surface area contributed by atoms with E-state index in [9.17, 15) is 40.5 Å². The van der Waals surface area contributed by atoms with Crippen molar-refractivity contribution in [2.75, 3.05) is 13.2 Å². The molecular weight excluding hydrogens is 320 g/mol. The number of Topliss-reactive ketones (excluding diaryl/α,β-unsaturated/α-hetero) is 1. The summed E-state index contributed by atoms with van der Waals surface area (Å²) in [6, 6.07) is 0. The highest BCUT2D eigenvalue weighted by atomic mass is 16.5. The van der Waals surface area contributed by atoms with Crippen molar-refractivity contribution in [1.29, 1.82) is 0 Å². The quantitative estimate of drug-likeness (QED) is 0.212. The molecule has 9 atom stereocenters. The fourth-order valence-electron chi connectivity index (χ4n) is 2.04. The van der Waals surface area contributed by atoms with Gasteiger partial charge in [0.05, 0.1) is 14.6 Å². The Balaban J connectivity index is 3.02. The summed E-state index contributed by atoms with van der Waals surface area (Å²) in [6.07, 6.45) is -19.9. The van der Waals surface area contributed by atoms with Gasteiger partial charge in [-0.05, 0) is 0 Å². The average molecular weight is 343 g/mol. The van der Waals surface area contributed by atoms with Gasteiger partial charge >= 0.3 is 0 Å². The van der Waals surface area contributed by atoms with Crippen LogP contribution in [0.25, 0.3) is 0 Å². The van der Waals surface area contributed by atoms with E-state index >= 15 is 0 Å². The molecule has 1 saturated heterocycles. The summed E-state index contributed by atoms with van der Waals surface area (Å²) in [6.45, 7) is -1.93. The second-order valence-corrected chi connectivity index (χ2v) is 5.17. The molecule has 23 heavy (non-hydrogen) atoms. The number of aliphatic hydroxyl groups is 9. The van der Waals surface area contributed by atoms with Gasteiger partial charge in [-0.2, -0.15) is 0 Å². The fraction of sp³-hybridized carbons (Fsp3) is 0.917. The minimum Gasteiger partial charge on any atom is -0.394 e. The molecule has 0 saturated carbocycles. The number of ether oxygens (including phenoxy) is 1. The van der Waals surface area contributed by atoms with Gasteiger partial charge in [0.2, 0.25) is 0 Å². The molecule has 0 bridgehead atoms. The molecule has 1 aliphatic heterocycles. The minimum atomic E-state index is -3.07. The number of ketones is 1. The average Bonchev–Trinajstić information content (AvgIpc) is 2.59. The first-order chi connectivity index (χ1) is 11.0. The third kappa shape index (κ3) is 4.22. The normalized spacial score (nSPS) is 40.8. The Labute approximate surface area is 132 Å². The van der Waals surface area contributed by atoms with Gasteiger partial charge < -0.3 is 50.7 Å². The maximum atomic E-state index is 12.2. The predicted octanol–water partition coefficient (Wildman–Crippen LogP) is -6.17. The van der Waals surface area contributed by atoms with Crippen LogP contribution in [0.2, 0.25) is 0 Å². The zero-order chi connectivity index (χ0) is 18.8. The van der Waals surface area contributed by atoms with Crippen LogP contribution in [0.4, 0.5) is 0 Å². The molecule has 0 amide bonds. The van der Waals surface area contributed by atoms with E-state index in [1.807, 2.05) is 0 Å². The van der Waals surface area contributed by atoms with Crippen LogP contribution in [-0.2, 0) is 9.53 Å². The van der Waals surface area contributed by atoms with Gasteiger partial charge in [-0.3, -0.25) is 4.79 Å². The van der Waals surface area contributed by atoms with E-state index in [4.69, 9.17) is 16.3 Å². The van der Waals surface area contributed by atoms with Gasteiger partial charge in [-0.1, -0.05) is 0 Å². The molecular formula is C12H22O11. The summed E-state index contributed by atoms with van der Waals surface area (Å²) in [5, 5.41) is 84.8. The maximum Gasteiger partial charge on any atom is 0.195 e. The molecule has 0 unspecified atom stereocenters. The first-order valence-electron chi connectivity index (χ1n) is 7.23. The number of rotatable bonds is 7. The van der Waals surface area contributed by atoms with Crippen molar-refractivity contribution in [3.63, 3.8) is 0 Å². The monoisotopic (exact) mass is 343 g/mol. The molecule has 0 radical (unpaired) electrons. The third-order valence-electron chi connectivity index (χ3n) is 3.55. The largest absolute Gasteiger partial charge is 0.394 e. The zero-order valence-electron chi connectivity index (χ0n) is 12.9.